The predicted molar refractivity (Wildman–Crippen MR) is 86.4 cm³/mol. The summed E-state index contributed by atoms with van der Waals surface area (Å²) in [6, 6.07) is 5.88. The van der Waals surface area contributed by atoms with E-state index >= 15 is 0 Å². The number of hydrogen-bond acceptors (Lipinski definition) is 3. The third kappa shape index (κ3) is 4.55. The molecular formula is C17H26N2O3. The van der Waals surface area contributed by atoms with Gasteiger partial charge in [-0.05, 0) is 30.5 Å². The Hall–Kier alpha value is -1.91. The molecule has 0 spiro atoms. The minimum atomic E-state index is 0.00693. The van der Waals surface area contributed by atoms with E-state index in [2.05, 4.69) is 12.2 Å². The monoisotopic (exact) mass is 306 g/mol. The van der Waals surface area contributed by atoms with Crippen LogP contribution in [0.25, 0.3) is 0 Å². The van der Waals surface area contributed by atoms with Crippen LogP contribution in [0.3, 0.4) is 0 Å². The number of carbonyl (C=O) groups excluding carboxylic acids is 1. The number of amides is 2. The van der Waals surface area contributed by atoms with Gasteiger partial charge >= 0.3 is 6.03 Å². The quantitative estimate of drug-likeness (QED) is 0.751. The topological polar surface area (TPSA) is 50.8 Å². The van der Waals surface area contributed by atoms with Crippen molar-refractivity contribution < 1.29 is 14.3 Å². The van der Waals surface area contributed by atoms with Crippen LogP contribution in [0.15, 0.2) is 18.2 Å². The summed E-state index contributed by atoms with van der Waals surface area (Å²) in [6.45, 7) is 5.03. The van der Waals surface area contributed by atoms with Gasteiger partial charge in [0.05, 0.1) is 13.7 Å². The number of hydrogen-bond donors (Lipinski definition) is 1. The predicted octanol–water partition coefficient (Wildman–Crippen LogP) is 3.18. The largest absolute Gasteiger partial charge is 0.493 e. The SMILES string of the molecule is CCCCCOc1cc(CN2CCCNC2=O)ccc1OC. The lowest BCUT2D eigenvalue weighted by Gasteiger charge is -2.27. The molecule has 0 saturated carbocycles. The van der Waals surface area contributed by atoms with E-state index in [1.54, 1.807) is 7.11 Å². The van der Waals surface area contributed by atoms with Crippen molar-refractivity contribution in [3.05, 3.63) is 23.8 Å². The zero-order chi connectivity index (χ0) is 15.8. The molecule has 0 bridgehead atoms. The highest BCUT2D eigenvalue weighted by Crippen LogP contribution is 2.29. The molecular weight excluding hydrogens is 280 g/mol. The van der Waals surface area contributed by atoms with E-state index in [9.17, 15) is 4.79 Å². The standard InChI is InChI=1S/C17H26N2O3/c1-3-4-5-11-22-16-12-14(7-8-15(16)21-2)13-19-10-6-9-18-17(19)20/h7-8,12H,3-6,9-11,13H2,1-2H3,(H,18,20). The van der Waals surface area contributed by atoms with Crippen LogP contribution in [0.1, 0.15) is 38.2 Å². The molecule has 1 heterocycles. The van der Waals surface area contributed by atoms with Crippen molar-refractivity contribution >= 4 is 6.03 Å². The Morgan fingerprint density at radius 2 is 2.14 bits per heavy atom. The number of nitrogens with one attached hydrogen (secondary N) is 1. The molecule has 5 heteroatoms. The van der Waals surface area contributed by atoms with Gasteiger partial charge < -0.3 is 19.7 Å². The summed E-state index contributed by atoms with van der Waals surface area (Å²) < 4.78 is 11.2. The fraction of sp³-hybridized carbons (Fsp3) is 0.588. The van der Waals surface area contributed by atoms with Crippen molar-refractivity contribution in [3.8, 4) is 11.5 Å². The van der Waals surface area contributed by atoms with E-state index in [0.717, 1.165) is 49.4 Å². The van der Waals surface area contributed by atoms with Crippen LogP contribution in [-0.4, -0.2) is 37.7 Å². The van der Waals surface area contributed by atoms with Gasteiger partial charge in [0.15, 0.2) is 11.5 Å². The summed E-state index contributed by atoms with van der Waals surface area (Å²) in [4.78, 5) is 13.6. The number of carbonyl (C=O) groups is 1. The Bertz CT molecular complexity index is 491. The summed E-state index contributed by atoms with van der Waals surface area (Å²) in [5.41, 5.74) is 1.06. The first-order valence-electron chi connectivity index (χ1n) is 8.07. The third-order valence-corrected chi connectivity index (χ3v) is 3.78. The highest BCUT2D eigenvalue weighted by Gasteiger charge is 2.18. The summed E-state index contributed by atoms with van der Waals surface area (Å²) >= 11 is 0. The smallest absolute Gasteiger partial charge is 0.317 e. The molecule has 22 heavy (non-hydrogen) atoms. The first-order chi connectivity index (χ1) is 10.7. The van der Waals surface area contributed by atoms with Gasteiger partial charge in [-0.3, -0.25) is 0 Å². The molecule has 1 aromatic carbocycles. The number of benzene rings is 1. The van der Waals surface area contributed by atoms with Gasteiger partial charge in [-0.1, -0.05) is 25.8 Å². The molecule has 122 valence electrons. The van der Waals surface area contributed by atoms with Crippen molar-refractivity contribution in [2.75, 3.05) is 26.8 Å². The highest BCUT2D eigenvalue weighted by atomic mass is 16.5. The molecule has 2 amide bonds. The fourth-order valence-electron chi connectivity index (χ4n) is 2.52. The van der Waals surface area contributed by atoms with Crippen molar-refractivity contribution in [1.29, 1.82) is 0 Å². The molecule has 0 aromatic heterocycles. The first kappa shape index (κ1) is 16.5. The molecule has 1 saturated heterocycles. The Labute approximate surface area is 132 Å². The average Bonchev–Trinajstić information content (AvgIpc) is 2.54. The maximum absolute atomic E-state index is 11.8. The maximum atomic E-state index is 11.8. The first-order valence-corrected chi connectivity index (χ1v) is 8.07. The van der Waals surface area contributed by atoms with Crippen molar-refractivity contribution in [2.45, 2.75) is 39.2 Å². The van der Waals surface area contributed by atoms with Gasteiger partial charge in [0, 0.05) is 19.6 Å². The molecule has 5 nitrogen and oxygen atoms in total. The third-order valence-electron chi connectivity index (χ3n) is 3.78. The van der Waals surface area contributed by atoms with Gasteiger partial charge in [-0.15, -0.1) is 0 Å². The highest BCUT2D eigenvalue weighted by molar-refractivity contribution is 5.74. The number of methoxy groups -OCH3 is 1. The van der Waals surface area contributed by atoms with Crippen LogP contribution in [-0.2, 0) is 6.54 Å². The second-order valence-electron chi connectivity index (χ2n) is 5.55. The normalized spacial score (nSPS) is 14.6. The number of nitrogens with zero attached hydrogens (tertiary/aromatic N) is 1. The second kappa shape index (κ2) is 8.51. The van der Waals surface area contributed by atoms with Crippen LogP contribution in [0.2, 0.25) is 0 Å². The molecule has 1 N–H and O–H groups in total. The molecule has 1 aliphatic rings. The second-order valence-corrected chi connectivity index (χ2v) is 5.55. The Kier molecular flexibility index (Phi) is 6.37. The van der Waals surface area contributed by atoms with Crippen LogP contribution in [0, 0.1) is 0 Å². The van der Waals surface area contributed by atoms with E-state index in [1.807, 2.05) is 23.1 Å². The summed E-state index contributed by atoms with van der Waals surface area (Å²) in [7, 11) is 1.64. The lowest BCUT2D eigenvalue weighted by atomic mass is 10.1. The van der Waals surface area contributed by atoms with Gasteiger partial charge in [-0.25, -0.2) is 4.79 Å². The van der Waals surface area contributed by atoms with Gasteiger partial charge in [0.2, 0.25) is 0 Å². The molecule has 0 aliphatic carbocycles. The van der Waals surface area contributed by atoms with Gasteiger partial charge in [0.25, 0.3) is 0 Å². The van der Waals surface area contributed by atoms with E-state index in [1.165, 1.54) is 6.42 Å². The number of unbranched alkanes of at least 4 members (excludes halogenated alkanes) is 2. The van der Waals surface area contributed by atoms with Gasteiger partial charge in [0.1, 0.15) is 0 Å². The molecule has 1 aromatic rings. The van der Waals surface area contributed by atoms with Crippen LogP contribution < -0.4 is 14.8 Å². The molecule has 2 rings (SSSR count). The van der Waals surface area contributed by atoms with Gasteiger partial charge in [-0.2, -0.15) is 0 Å². The Morgan fingerprint density at radius 3 is 2.86 bits per heavy atom. The number of ether oxygens (including phenoxy) is 2. The molecule has 1 fully saturated rings. The minimum absolute atomic E-state index is 0.00693. The molecule has 0 unspecified atom stereocenters. The van der Waals surface area contributed by atoms with E-state index < -0.39 is 0 Å². The summed E-state index contributed by atoms with van der Waals surface area (Å²) in [5.74, 6) is 1.50. The van der Waals surface area contributed by atoms with Crippen LogP contribution in [0.4, 0.5) is 4.79 Å². The fourth-order valence-corrected chi connectivity index (χ4v) is 2.52. The van der Waals surface area contributed by atoms with Crippen LogP contribution in [0.5, 0.6) is 11.5 Å². The van der Waals surface area contributed by atoms with Crippen molar-refractivity contribution in [1.82, 2.24) is 10.2 Å². The Morgan fingerprint density at radius 1 is 1.27 bits per heavy atom. The zero-order valence-electron chi connectivity index (χ0n) is 13.6. The van der Waals surface area contributed by atoms with E-state index in [0.29, 0.717) is 13.2 Å². The number of urea groups is 1. The van der Waals surface area contributed by atoms with Crippen molar-refractivity contribution in [2.24, 2.45) is 0 Å². The molecule has 0 atom stereocenters. The van der Waals surface area contributed by atoms with Crippen LogP contribution >= 0.6 is 0 Å². The van der Waals surface area contributed by atoms with Crippen molar-refractivity contribution in [3.63, 3.8) is 0 Å². The lowest BCUT2D eigenvalue weighted by molar-refractivity contribution is 0.183. The zero-order valence-corrected chi connectivity index (χ0v) is 13.6. The summed E-state index contributed by atoms with van der Waals surface area (Å²) in [5, 5.41) is 2.87. The maximum Gasteiger partial charge on any atom is 0.317 e. The lowest BCUT2D eigenvalue weighted by Crippen LogP contribution is -2.45. The average molecular weight is 306 g/mol. The summed E-state index contributed by atoms with van der Waals surface area (Å²) in [6.07, 6.45) is 4.36. The molecule has 0 radical (unpaired) electrons. The van der Waals surface area contributed by atoms with E-state index in [-0.39, 0.29) is 6.03 Å². The molecule has 1 aliphatic heterocycles. The number of rotatable bonds is 8. The Balaban J connectivity index is 2.00. The van der Waals surface area contributed by atoms with E-state index in [4.69, 9.17) is 9.47 Å². The minimum Gasteiger partial charge on any atom is -0.493 e.